The summed E-state index contributed by atoms with van der Waals surface area (Å²) in [5.41, 5.74) is 1.33. The molecule has 0 aliphatic rings. The minimum absolute atomic E-state index is 0.0944. The smallest absolute Gasteiger partial charge is 0.456 e. The maximum atomic E-state index is 11.9. The van der Waals surface area contributed by atoms with E-state index in [1.165, 1.54) is 24.3 Å². The van der Waals surface area contributed by atoms with Crippen LogP contribution in [0.4, 0.5) is 10.5 Å². The van der Waals surface area contributed by atoms with Gasteiger partial charge < -0.3 is 13.9 Å². The first kappa shape index (κ1) is 15.6. The molecule has 26 heavy (non-hydrogen) atoms. The van der Waals surface area contributed by atoms with Crippen molar-refractivity contribution in [1.29, 1.82) is 0 Å². The van der Waals surface area contributed by atoms with Crippen molar-refractivity contribution in [2.45, 2.75) is 0 Å². The molecule has 0 unspecified atom stereocenters. The van der Waals surface area contributed by atoms with Crippen LogP contribution in [-0.4, -0.2) is 11.1 Å². The van der Waals surface area contributed by atoms with Gasteiger partial charge in [-0.05, 0) is 36.4 Å². The molecule has 7 nitrogen and oxygen atoms in total. The second-order valence-corrected chi connectivity index (χ2v) is 5.46. The van der Waals surface area contributed by atoms with Crippen LogP contribution >= 0.6 is 0 Å². The molecule has 1 aromatic heterocycles. The van der Waals surface area contributed by atoms with E-state index in [-0.39, 0.29) is 11.4 Å². The highest BCUT2D eigenvalue weighted by molar-refractivity contribution is 6.05. The Morgan fingerprint density at radius 3 is 2.27 bits per heavy atom. The van der Waals surface area contributed by atoms with E-state index in [2.05, 4.69) is 0 Å². The van der Waals surface area contributed by atoms with Gasteiger partial charge in [0.15, 0.2) is 0 Å². The molecule has 0 bridgehead atoms. The number of carbonyl (C=O) groups excluding carboxylic acids is 1. The molecule has 0 fully saturated rings. The summed E-state index contributed by atoms with van der Waals surface area (Å²) in [5.74, 6) is 0.450. The summed E-state index contributed by atoms with van der Waals surface area (Å²) >= 11 is 0. The van der Waals surface area contributed by atoms with Gasteiger partial charge in [-0.3, -0.25) is 10.1 Å². The Kier molecular flexibility index (Phi) is 3.74. The van der Waals surface area contributed by atoms with Crippen LogP contribution < -0.4 is 9.47 Å². The monoisotopic (exact) mass is 349 g/mol. The van der Waals surface area contributed by atoms with E-state index in [4.69, 9.17) is 13.9 Å². The molecule has 4 aromatic rings. The van der Waals surface area contributed by atoms with Crippen LogP contribution in [0.5, 0.6) is 11.5 Å². The maximum absolute atomic E-state index is 11.9. The Morgan fingerprint density at radius 1 is 0.846 bits per heavy atom. The van der Waals surface area contributed by atoms with Crippen molar-refractivity contribution >= 4 is 33.8 Å². The fourth-order valence-electron chi connectivity index (χ4n) is 2.62. The molecule has 7 heteroatoms. The highest BCUT2D eigenvalue weighted by atomic mass is 16.7. The van der Waals surface area contributed by atoms with Gasteiger partial charge in [0.05, 0.1) is 4.92 Å². The quantitative estimate of drug-likeness (QED) is 0.222. The zero-order valence-electron chi connectivity index (χ0n) is 13.2. The number of benzene rings is 3. The van der Waals surface area contributed by atoms with Gasteiger partial charge in [0.25, 0.3) is 5.69 Å². The predicted octanol–water partition coefficient (Wildman–Crippen LogP) is 5.07. The molecular weight excluding hydrogens is 338 g/mol. The van der Waals surface area contributed by atoms with Gasteiger partial charge in [-0.1, -0.05) is 18.2 Å². The Balaban J connectivity index is 1.53. The lowest BCUT2D eigenvalue weighted by Crippen LogP contribution is -2.13. The van der Waals surface area contributed by atoms with E-state index >= 15 is 0 Å². The fourth-order valence-corrected chi connectivity index (χ4v) is 2.62. The molecule has 0 aliphatic carbocycles. The summed E-state index contributed by atoms with van der Waals surface area (Å²) in [5, 5.41) is 12.4. The van der Waals surface area contributed by atoms with Crippen molar-refractivity contribution in [2.75, 3.05) is 0 Å². The van der Waals surface area contributed by atoms with Crippen molar-refractivity contribution in [3.8, 4) is 11.5 Å². The van der Waals surface area contributed by atoms with Crippen LogP contribution in [0.2, 0.25) is 0 Å². The molecule has 0 aliphatic heterocycles. The topological polar surface area (TPSA) is 91.8 Å². The molecule has 0 atom stereocenters. The standard InChI is InChI=1S/C19H11NO6/c21-19(24-13-7-5-12(6-8-13)20(22)23)25-14-9-10-18-16(11-14)15-3-1-2-4-17(15)26-18/h1-11H. The predicted molar refractivity (Wildman–Crippen MR) is 93.5 cm³/mol. The number of ether oxygens (including phenoxy) is 2. The van der Waals surface area contributed by atoms with Crippen molar-refractivity contribution in [3.63, 3.8) is 0 Å². The van der Waals surface area contributed by atoms with Crippen LogP contribution in [0.15, 0.2) is 71.1 Å². The summed E-state index contributed by atoms with van der Waals surface area (Å²) in [4.78, 5) is 22.0. The number of nitro benzene ring substituents is 1. The summed E-state index contributed by atoms with van der Waals surface area (Å²) < 4.78 is 15.9. The highest BCUT2D eigenvalue weighted by Gasteiger charge is 2.12. The maximum Gasteiger partial charge on any atom is 0.519 e. The average Bonchev–Trinajstić information content (AvgIpc) is 3.00. The van der Waals surface area contributed by atoms with E-state index < -0.39 is 11.1 Å². The van der Waals surface area contributed by atoms with Crippen LogP contribution in [0.3, 0.4) is 0 Å². The first-order valence-corrected chi connectivity index (χ1v) is 7.65. The minimum Gasteiger partial charge on any atom is -0.456 e. The van der Waals surface area contributed by atoms with Crippen molar-refractivity contribution in [2.24, 2.45) is 0 Å². The van der Waals surface area contributed by atoms with Crippen LogP contribution in [-0.2, 0) is 0 Å². The Labute approximate surface area is 146 Å². The lowest BCUT2D eigenvalue weighted by Gasteiger charge is -2.05. The van der Waals surface area contributed by atoms with Crippen LogP contribution in [0.25, 0.3) is 21.9 Å². The number of rotatable bonds is 3. The molecule has 3 aromatic carbocycles. The van der Waals surface area contributed by atoms with E-state index in [1.807, 2.05) is 24.3 Å². The average molecular weight is 349 g/mol. The number of para-hydroxylation sites is 1. The van der Waals surface area contributed by atoms with Gasteiger partial charge in [-0.15, -0.1) is 0 Å². The highest BCUT2D eigenvalue weighted by Crippen LogP contribution is 2.31. The van der Waals surface area contributed by atoms with Gasteiger partial charge in [0, 0.05) is 22.9 Å². The van der Waals surface area contributed by atoms with Gasteiger partial charge in [-0.2, -0.15) is 0 Å². The summed E-state index contributed by atoms with van der Waals surface area (Å²) in [6, 6.07) is 17.7. The van der Waals surface area contributed by atoms with Crippen LogP contribution in [0, 0.1) is 10.1 Å². The molecule has 0 saturated carbocycles. The third kappa shape index (κ3) is 2.93. The molecule has 4 rings (SSSR count). The molecule has 0 saturated heterocycles. The number of hydrogen-bond donors (Lipinski definition) is 0. The number of furan rings is 1. The van der Waals surface area contributed by atoms with E-state index in [9.17, 15) is 14.9 Å². The molecule has 0 radical (unpaired) electrons. The minimum atomic E-state index is -0.939. The molecule has 0 N–H and O–H groups in total. The van der Waals surface area contributed by atoms with Crippen molar-refractivity contribution in [1.82, 2.24) is 0 Å². The van der Waals surface area contributed by atoms with E-state index in [0.29, 0.717) is 11.3 Å². The van der Waals surface area contributed by atoms with Gasteiger partial charge in [-0.25, -0.2) is 4.79 Å². The Hall–Kier alpha value is -3.87. The number of hydrogen-bond acceptors (Lipinski definition) is 6. The van der Waals surface area contributed by atoms with Crippen molar-refractivity contribution < 1.29 is 23.6 Å². The second kappa shape index (κ2) is 6.21. The zero-order chi connectivity index (χ0) is 18.1. The molecule has 128 valence electrons. The number of carbonyl (C=O) groups is 1. The van der Waals surface area contributed by atoms with Gasteiger partial charge in [0.1, 0.15) is 22.7 Å². The summed E-state index contributed by atoms with van der Waals surface area (Å²) in [7, 11) is 0. The lowest BCUT2D eigenvalue weighted by molar-refractivity contribution is -0.384. The Morgan fingerprint density at radius 2 is 1.50 bits per heavy atom. The van der Waals surface area contributed by atoms with Gasteiger partial charge >= 0.3 is 6.16 Å². The Bertz CT molecular complexity index is 1130. The first-order valence-electron chi connectivity index (χ1n) is 7.65. The van der Waals surface area contributed by atoms with Crippen molar-refractivity contribution in [3.05, 3.63) is 76.8 Å². The third-order valence-corrected chi connectivity index (χ3v) is 3.80. The molecule has 0 amide bonds. The summed E-state index contributed by atoms with van der Waals surface area (Å²) in [6.07, 6.45) is -0.939. The molecule has 0 spiro atoms. The number of non-ortho nitro benzene ring substituents is 1. The molecule has 1 heterocycles. The van der Waals surface area contributed by atoms with Crippen LogP contribution in [0.1, 0.15) is 0 Å². The third-order valence-electron chi connectivity index (χ3n) is 3.80. The van der Waals surface area contributed by atoms with E-state index in [0.717, 1.165) is 16.4 Å². The lowest BCUT2D eigenvalue weighted by atomic mass is 10.1. The van der Waals surface area contributed by atoms with E-state index in [1.54, 1.807) is 18.2 Å². The zero-order valence-corrected chi connectivity index (χ0v) is 13.2. The second-order valence-electron chi connectivity index (χ2n) is 5.46. The number of fused-ring (bicyclic) bond motifs is 3. The molecular formula is C19H11NO6. The summed E-state index contributed by atoms with van der Waals surface area (Å²) in [6.45, 7) is 0. The number of nitro groups is 1. The first-order chi connectivity index (χ1) is 12.6. The normalized spacial score (nSPS) is 10.8. The van der Waals surface area contributed by atoms with Gasteiger partial charge in [0.2, 0.25) is 0 Å². The fraction of sp³-hybridized carbons (Fsp3) is 0. The largest absolute Gasteiger partial charge is 0.519 e. The SMILES string of the molecule is O=C(Oc1ccc([N+](=O)[O-])cc1)Oc1ccc2oc3ccccc3c2c1. The number of nitrogens with zero attached hydrogens (tertiary/aromatic N) is 1.